The Balaban J connectivity index is 1.87. The molecule has 5 nitrogen and oxygen atoms in total. The van der Waals surface area contributed by atoms with Crippen molar-refractivity contribution in [3.63, 3.8) is 0 Å². The fourth-order valence-corrected chi connectivity index (χ4v) is 4.93. The third kappa shape index (κ3) is 3.84. The number of hydrogen-bond donors (Lipinski definition) is 1. The summed E-state index contributed by atoms with van der Waals surface area (Å²) >= 11 is 1.59. The van der Waals surface area contributed by atoms with Gasteiger partial charge < -0.3 is 0 Å². The van der Waals surface area contributed by atoms with Gasteiger partial charge in [-0.05, 0) is 61.0 Å². The van der Waals surface area contributed by atoms with Gasteiger partial charge in [0, 0.05) is 23.8 Å². The summed E-state index contributed by atoms with van der Waals surface area (Å²) in [5, 5.41) is 6.26. The molecule has 2 aromatic heterocycles. The van der Waals surface area contributed by atoms with Crippen LogP contribution in [0.15, 0.2) is 53.0 Å². The van der Waals surface area contributed by atoms with Crippen LogP contribution in [-0.4, -0.2) is 24.7 Å². The third-order valence-corrected chi connectivity index (χ3v) is 6.80. The van der Waals surface area contributed by atoms with E-state index in [4.69, 9.17) is 0 Å². The first-order valence-corrected chi connectivity index (χ1v) is 10.3. The molecule has 3 rings (SSSR count). The fourth-order valence-electron chi connectivity index (χ4n) is 2.76. The maximum Gasteiger partial charge on any atom is 0.240 e. The van der Waals surface area contributed by atoms with E-state index < -0.39 is 10.0 Å². The first-order valence-electron chi connectivity index (χ1n) is 7.98. The molecule has 0 aliphatic rings. The van der Waals surface area contributed by atoms with Crippen LogP contribution in [0.2, 0.25) is 0 Å². The van der Waals surface area contributed by atoms with Gasteiger partial charge in [-0.2, -0.15) is 5.10 Å². The molecule has 0 aliphatic heterocycles. The fraction of sp³-hybridized carbons (Fsp3) is 0.278. The zero-order chi connectivity index (χ0) is 18.0. The number of nitrogens with one attached hydrogen (secondary N) is 1. The second-order valence-corrected chi connectivity index (χ2v) is 8.79. The highest BCUT2D eigenvalue weighted by Crippen LogP contribution is 2.24. The van der Waals surface area contributed by atoms with E-state index in [1.807, 2.05) is 56.6 Å². The van der Waals surface area contributed by atoms with Gasteiger partial charge in [-0.25, -0.2) is 13.1 Å². The van der Waals surface area contributed by atoms with Crippen molar-refractivity contribution in [2.24, 2.45) is 0 Å². The van der Waals surface area contributed by atoms with Crippen molar-refractivity contribution in [2.45, 2.75) is 31.7 Å². The van der Waals surface area contributed by atoms with Crippen molar-refractivity contribution in [3.05, 3.63) is 69.7 Å². The Hall–Kier alpha value is -1.96. The monoisotopic (exact) mass is 375 g/mol. The van der Waals surface area contributed by atoms with Crippen LogP contribution in [0.3, 0.4) is 0 Å². The molecule has 0 bridgehead atoms. The lowest BCUT2D eigenvalue weighted by molar-refractivity contribution is 0.511. The lowest BCUT2D eigenvalue weighted by Crippen LogP contribution is -2.31. The van der Waals surface area contributed by atoms with Crippen LogP contribution in [0.5, 0.6) is 0 Å². The van der Waals surface area contributed by atoms with E-state index in [0.29, 0.717) is 4.90 Å². The molecule has 3 aromatic rings. The van der Waals surface area contributed by atoms with Gasteiger partial charge in [0.25, 0.3) is 0 Å². The molecule has 1 N–H and O–H groups in total. The normalized spacial score (nSPS) is 13.1. The maximum atomic E-state index is 12.8. The van der Waals surface area contributed by atoms with E-state index in [9.17, 15) is 8.42 Å². The highest BCUT2D eigenvalue weighted by atomic mass is 32.2. The quantitative estimate of drug-likeness (QED) is 0.718. The second-order valence-electron chi connectivity index (χ2n) is 6.07. The minimum atomic E-state index is -3.59. The molecule has 0 spiro atoms. The van der Waals surface area contributed by atoms with Gasteiger partial charge in [0.05, 0.1) is 10.9 Å². The van der Waals surface area contributed by atoms with Gasteiger partial charge in [0.15, 0.2) is 0 Å². The number of aryl methyl sites for hydroxylation is 3. The number of benzene rings is 1. The van der Waals surface area contributed by atoms with Crippen molar-refractivity contribution >= 4 is 21.4 Å². The predicted molar refractivity (Wildman–Crippen MR) is 101 cm³/mol. The lowest BCUT2D eigenvalue weighted by Gasteiger charge is -2.18. The average molecular weight is 376 g/mol. The maximum absolute atomic E-state index is 12.8. The summed E-state index contributed by atoms with van der Waals surface area (Å²) in [6.45, 7) is 5.98. The lowest BCUT2D eigenvalue weighted by atomic mass is 10.1. The number of hydrogen-bond acceptors (Lipinski definition) is 4. The van der Waals surface area contributed by atoms with Gasteiger partial charge in [-0.1, -0.05) is 12.1 Å². The third-order valence-electron chi connectivity index (χ3n) is 4.26. The van der Waals surface area contributed by atoms with Gasteiger partial charge in [-0.15, -0.1) is 11.3 Å². The van der Waals surface area contributed by atoms with E-state index in [1.165, 1.54) is 0 Å². The Morgan fingerprint density at radius 1 is 1.16 bits per heavy atom. The molecule has 0 fully saturated rings. The zero-order valence-electron chi connectivity index (χ0n) is 14.4. The molecule has 1 atom stereocenters. The second kappa shape index (κ2) is 7.11. The molecule has 7 heteroatoms. The Morgan fingerprint density at radius 2 is 1.92 bits per heavy atom. The van der Waals surface area contributed by atoms with E-state index in [1.54, 1.807) is 28.3 Å². The first-order chi connectivity index (χ1) is 11.9. The van der Waals surface area contributed by atoms with E-state index in [0.717, 1.165) is 21.6 Å². The van der Waals surface area contributed by atoms with Gasteiger partial charge >= 0.3 is 0 Å². The molecular weight excluding hydrogens is 354 g/mol. The van der Waals surface area contributed by atoms with Crippen LogP contribution in [0, 0.1) is 20.8 Å². The van der Waals surface area contributed by atoms with Crippen LogP contribution in [0.1, 0.15) is 27.6 Å². The average Bonchev–Trinajstić information content (AvgIpc) is 3.24. The molecule has 132 valence electrons. The summed E-state index contributed by atoms with van der Waals surface area (Å²) in [7, 11) is -3.59. The molecule has 0 saturated carbocycles. The molecule has 1 aromatic carbocycles. The highest BCUT2D eigenvalue weighted by Gasteiger charge is 2.22. The smallest absolute Gasteiger partial charge is 0.240 e. The van der Waals surface area contributed by atoms with Gasteiger partial charge in [0.1, 0.15) is 0 Å². The number of rotatable bonds is 6. The number of sulfonamides is 1. The van der Waals surface area contributed by atoms with E-state index in [-0.39, 0.29) is 12.6 Å². The number of aromatic nitrogens is 2. The van der Waals surface area contributed by atoms with Crippen molar-refractivity contribution in [3.8, 4) is 0 Å². The number of nitrogens with zero attached hydrogens (tertiary/aromatic N) is 2. The molecular formula is C18H21N3O2S2. The largest absolute Gasteiger partial charge is 0.263 e. The van der Waals surface area contributed by atoms with E-state index >= 15 is 0 Å². The Bertz CT molecular complexity index is 912. The zero-order valence-corrected chi connectivity index (χ0v) is 16.1. The molecule has 0 saturated heterocycles. The van der Waals surface area contributed by atoms with Crippen molar-refractivity contribution < 1.29 is 8.42 Å². The minimum Gasteiger partial charge on any atom is -0.263 e. The summed E-state index contributed by atoms with van der Waals surface area (Å²) in [4.78, 5) is 1.39. The van der Waals surface area contributed by atoms with Crippen LogP contribution in [0.25, 0.3) is 0 Å². The molecule has 0 amide bonds. The first kappa shape index (κ1) is 17.8. The molecule has 0 radical (unpaired) electrons. The highest BCUT2D eigenvalue weighted by molar-refractivity contribution is 7.89. The van der Waals surface area contributed by atoms with Crippen LogP contribution in [0.4, 0.5) is 0 Å². The summed E-state index contributed by atoms with van der Waals surface area (Å²) in [6, 6.07) is 9.26. The summed E-state index contributed by atoms with van der Waals surface area (Å²) in [5.74, 6) is 0. The number of thiophene rings is 1. The predicted octanol–water partition coefficient (Wildman–Crippen LogP) is 3.44. The van der Waals surface area contributed by atoms with E-state index in [2.05, 4.69) is 9.82 Å². The molecule has 25 heavy (non-hydrogen) atoms. The Morgan fingerprint density at radius 3 is 2.56 bits per heavy atom. The van der Waals surface area contributed by atoms with Crippen molar-refractivity contribution in [2.75, 3.05) is 6.54 Å². The molecule has 2 heterocycles. The minimum absolute atomic E-state index is 0.170. The van der Waals surface area contributed by atoms with Crippen molar-refractivity contribution in [1.29, 1.82) is 0 Å². The summed E-state index contributed by atoms with van der Waals surface area (Å²) in [5.41, 5.74) is 2.81. The van der Waals surface area contributed by atoms with Crippen LogP contribution < -0.4 is 4.72 Å². The van der Waals surface area contributed by atoms with Crippen LogP contribution >= 0.6 is 11.3 Å². The molecule has 0 aliphatic carbocycles. The topological polar surface area (TPSA) is 64.0 Å². The SMILES string of the molecule is Cc1cc(C)c(S(=O)(=O)NCC(c2cccs2)n2cccn2)cc1C. The summed E-state index contributed by atoms with van der Waals surface area (Å²) < 4.78 is 30.2. The van der Waals surface area contributed by atoms with Crippen LogP contribution in [-0.2, 0) is 10.0 Å². The summed E-state index contributed by atoms with van der Waals surface area (Å²) in [6.07, 6.45) is 3.54. The van der Waals surface area contributed by atoms with Crippen molar-refractivity contribution in [1.82, 2.24) is 14.5 Å². The van der Waals surface area contributed by atoms with Gasteiger partial charge in [-0.3, -0.25) is 4.68 Å². The molecule has 1 unspecified atom stereocenters. The standard InChI is InChI=1S/C18H21N3O2S2/c1-13-10-15(3)18(11-14(13)2)25(22,23)20-12-16(17-6-4-9-24-17)21-8-5-7-19-21/h4-11,16,20H,12H2,1-3H3. The van der Waals surface area contributed by atoms with Gasteiger partial charge in [0.2, 0.25) is 10.0 Å². The Kier molecular flexibility index (Phi) is 5.08. The Labute approximate surface area is 152 Å².